The number of hydrogen-bond acceptors (Lipinski definition) is 3. The molecule has 28 heavy (non-hydrogen) atoms. The molecule has 0 fully saturated rings. The maximum Gasteiger partial charge on any atom is 0.320 e. The summed E-state index contributed by atoms with van der Waals surface area (Å²) in [6, 6.07) is 8.62. The van der Waals surface area contributed by atoms with Gasteiger partial charge in [0.25, 0.3) is 0 Å². The van der Waals surface area contributed by atoms with Crippen LogP contribution < -0.4 is 0 Å². The van der Waals surface area contributed by atoms with Gasteiger partial charge in [0.2, 0.25) is 0 Å². The average molecular weight is 379 g/mol. The molecular weight excluding hydrogens is 357 g/mol. The molecule has 0 atom stereocenters. The summed E-state index contributed by atoms with van der Waals surface area (Å²) in [5.74, 6) is -0.316. The van der Waals surface area contributed by atoms with Crippen LogP contribution in [0.4, 0.5) is 9.18 Å². The van der Waals surface area contributed by atoms with Crippen LogP contribution in [0.1, 0.15) is 23.2 Å². The molecule has 0 saturated heterocycles. The van der Waals surface area contributed by atoms with E-state index in [2.05, 4.69) is 15.2 Å². The Morgan fingerprint density at radius 3 is 3.00 bits per heavy atom. The molecule has 0 bridgehead atoms. The highest BCUT2D eigenvalue weighted by Gasteiger charge is 2.23. The Labute approximate surface area is 163 Å². The zero-order valence-electron chi connectivity index (χ0n) is 15.7. The van der Waals surface area contributed by atoms with E-state index in [0.29, 0.717) is 25.2 Å². The third-order valence-corrected chi connectivity index (χ3v) is 5.05. The van der Waals surface area contributed by atoms with E-state index in [4.69, 9.17) is 0 Å². The van der Waals surface area contributed by atoms with Gasteiger partial charge in [-0.05, 0) is 30.5 Å². The van der Waals surface area contributed by atoms with Gasteiger partial charge in [-0.2, -0.15) is 5.10 Å². The highest BCUT2D eigenvalue weighted by atomic mass is 19.1. The number of H-pyrrole nitrogens is 1. The van der Waals surface area contributed by atoms with E-state index in [1.807, 2.05) is 17.0 Å². The summed E-state index contributed by atoms with van der Waals surface area (Å²) in [7, 11) is 1.75. The lowest BCUT2D eigenvalue weighted by atomic mass is 10.0. The Balaban J connectivity index is 1.45. The lowest BCUT2D eigenvalue weighted by Crippen LogP contribution is -2.40. The molecule has 2 amide bonds. The average Bonchev–Trinajstić information content (AvgIpc) is 3.05. The molecular formula is C21H22FN5O. The number of carbonyl (C=O) groups excluding carboxylic acids is 1. The van der Waals surface area contributed by atoms with E-state index in [0.717, 1.165) is 35.2 Å². The van der Waals surface area contributed by atoms with Crippen molar-refractivity contribution in [1.82, 2.24) is 25.0 Å². The van der Waals surface area contributed by atoms with Crippen LogP contribution in [0.15, 0.2) is 48.9 Å². The summed E-state index contributed by atoms with van der Waals surface area (Å²) in [5, 5.41) is 7.08. The number of hydrogen-bond donors (Lipinski definition) is 1. The van der Waals surface area contributed by atoms with E-state index in [1.54, 1.807) is 42.7 Å². The molecule has 0 spiro atoms. The number of aromatic nitrogens is 3. The molecule has 2 aromatic heterocycles. The molecule has 1 aromatic carbocycles. The lowest BCUT2D eigenvalue weighted by molar-refractivity contribution is 0.158. The van der Waals surface area contributed by atoms with Gasteiger partial charge in [0.15, 0.2) is 0 Å². The van der Waals surface area contributed by atoms with Crippen LogP contribution in [0.2, 0.25) is 0 Å². The predicted molar refractivity (Wildman–Crippen MR) is 104 cm³/mol. The summed E-state index contributed by atoms with van der Waals surface area (Å²) in [6.45, 7) is 1.58. The van der Waals surface area contributed by atoms with Crippen LogP contribution >= 0.6 is 0 Å². The summed E-state index contributed by atoms with van der Waals surface area (Å²) in [4.78, 5) is 20.4. The molecule has 1 N–H and O–H groups in total. The Kier molecular flexibility index (Phi) is 5.06. The minimum Gasteiger partial charge on any atom is -0.323 e. The van der Waals surface area contributed by atoms with E-state index in [1.165, 1.54) is 6.07 Å². The van der Waals surface area contributed by atoms with Gasteiger partial charge in [-0.1, -0.05) is 18.2 Å². The second kappa shape index (κ2) is 7.80. The normalized spacial score (nSPS) is 13.7. The number of nitrogens with one attached hydrogen (secondary N) is 1. The van der Waals surface area contributed by atoms with Crippen molar-refractivity contribution >= 4 is 6.03 Å². The van der Waals surface area contributed by atoms with Crippen LogP contribution in [0.3, 0.4) is 0 Å². The molecule has 1 aliphatic rings. The van der Waals surface area contributed by atoms with E-state index < -0.39 is 0 Å². The molecule has 144 valence electrons. The maximum atomic E-state index is 14.6. The molecule has 0 aliphatic carbocycles. The van der Waals surface area contributed by atoms with E-state index in [-0.39, 0.29) is 11.8 Å². The largest absolute Gasteiger partial charge is 0.323 e. The van der Waals surface area contributed by atoms with Gasteiger partial charge < -0.3 is 9.80 Å². The SMILES string of the molecule is CN(Cc1ccc(-c2cccnc2)c(F)c1)C(=O)N1CCCc2[nH]ncc2C1. The van der Waals surface area contributed by atoms with E-state index in [9.17, 15) is 9.18 Å². The standard InChI is InChI=1S/C21H22FN5O/c1-26(21(28)27-9-3-5-20-17(14-27)12-24-25-20)13-15-6-7-18(19(22)10-15)16-4-2-8-23-11-16/h2,4,6-8,10-12H,3,5,9,13-14H2,1H3,(H,24,25). The highest BCUT2D eigenvalue weighted by Crippen LogP contribution is 2.23. The summed E-state index contributed by atoms with van der Waals surface area (Å²) >= 11 is 0. The van der Waals surface area contributed by atoms with Crippen molar-refractivity contribution in [2.45, 2.75) is 25.9 Å². The molecule has 0 saturated carbocycles. The van der Waals surface area contributed by atoms with Gasteiger partial charge in [-0.25, -0.2) is 9.18 Å². The number of rotatable bonds is 3. The molecule has 7 heteroatoms. The first kappa shape index (κ1) is 18.2. The van der Waals surface area contributed by atoms with E-state index >= 15 is 0 Å². The maximum absolute atomic E-state index is 14.6. The zero-order chi connectivity index (χ0) is 19.5. The summed E-state index contributed by atoms with van der Waals surface area (Å²) < 4.78 is 14.6. The van der Waals surface area contributed by atoms with Crippen LogP contribution in [-0.4, -0.2) is 44.6 Å². The Bertz CT molecular complexity index is 972. The Hall–Kier alpha value is -3.22. The van der Waals surface area contributed by atoms with Crippen LogP contribution in [0, 0.1) is 5.82 Å². The number of nitrogens with zero attached hydrogens (tertiary/aromatic N) is 4. The first-order chi connectivity index (χ1) is 13.6. The van der Waals surface area contributed by atoms with Crippen molar-refractivity contribution in [3.05, 3.63) is 71.6 Å². The van der Waals surface area contributed by atoms with Crippen LogP contribution in [0.5, 0.6) is 0 Å². The fourth-order valence-electron chi connectivity index (χ4n) is 3.58. The first-order valence-corrected chi connectivity index (χ1v) is 9.32. The minimum absolute atomic E-state index is 0.0641. The zero-order valence-corrected chi connectivity index (χ0v) is 15.7. The van der Waals surface area contributed by atoms with Gasteiger partial charge in [0.05, 0.1) is 12.7 Å². The fourth-order valence-corrected chi connectivity index (χ4v) is 3.58. The van der Waals surface area contributed by atoms with Crippen molar-refractivity contribution in [2.75, 3.05) is 13.6 Å². The van der Waals surface area contributed by atoms with Gasteiger partial charge in [-0.15, -0.1) is 0 Å². The highest BCUT2D eigenvalue weighted by molar-refractivity contribution is 5.74. The van der Waals surface area contributed by atoms with Crippen molar-refractivity contribution in [1.29, 1.82) is 0 Å². The van der Waals surface area contributed by atoms with Crippen LogP contribution in [-0.2, 0) is 19.5 Å². The van der Waals surface area contributed by atoms with Crippen molar-refractivity contribution < 1.29 is 9.18 Å². The molecule has 4 rings (SSSR count). The van der Waals surface area contributed by atoms with Crippen molar-refractivity contribution in [3.8, 4) is 11.1 Å². The molecule has 0 unspecified atom stereocenters. The van der Waals surface area contributed by atoms with Crippen molar-refractivity contribution in [3.63, 3.8) is 0 Å². The lowest BCUT2D eigenvalue weighted by Gasteiger charge is -2.27. The second-order valence-corrected chi connectivity index (χ2v) is 7.09. The van der Waals surface area contributed by atoms with Gasteiger partial charge in [0.1, 0.15) is 5.82 Å². The summed E-state index contributed by atoms with van der Waals surface area (Å²) in [5.41, 5.74) is 4.15. The first-order valence-electron chi connectivity index (χ1n) is 9.32. The number of benzene rings is 1. The number of aromatic amines is 1. The minimum atomic E-state index is -0.316. The topological polar surface area (TPSA) is 65.1 Å². The quantitative estimate of drug-likeness (QED) is 0.756. The molecule has 3 aromatic rings. The van der Waals surface area contributed by atoms with Gasteiger partial charge in [0, 0.05) is 54.9 Å². The van der Waals surface area contributed by atoms with Gasteiger partial charge in [-0.3, -0.25) is 10.1 Å². The fraction of sp³-hybridized carbons (Fsp3) is 0.286. The Morgan fingerprint density at radius 1 is 1.32 bits per heavy atom. The third kappa shape index (κ3) is 3.74. The number of aryl methyl sites for hydroxylation is 1. The number of urea groups is 1. The molecule has 1 aliphatic heterocycles. The monoisotopic (exact) mass is 379 g/mol. The smallest absolute Gasteiger partial charge is 0.320 e. The van der Waals surface area contributed by atoms with Crippen molar-refractivity contribution in [2.24, 2.45) is 0 Å². The number of halogens is 1. The molecule has 3 heterocycles. The second-order valence-electron chi connectivity index (χ2n) is 7.09. The van der Waals surface area contributed by atoms with Gasteiger partial charge >= 0.3 is 6.03 Å². The summed E-state index contributed by atoms with van der Waals surface area (Å²) in [6.07, 6.45) is 6.86. The third-order valence-electron chi connectivity index (χ3n) is 5.05. The number of pyridine rings is 1. The predicted octanol–water partition coefficient (Wildman–Crippen LogP) is 3.61. The number of amides is 2. The molecule has 0 radical (unpaired) electrons. The number of fused-ring (bicyclic) bond motifs is 1. The molecule has 6 nitrogen and oxygen atoms in total. The van der Waals surface area contributed by atoms with Crippen LogP contribution in [0.25, 0.3) is 11.1 Å². The number of carbonyl (C=O) groups is 1. The Morgan fingerprint density at radius 2 is 2.21 bits per heavy atom.